The molecule has 0 saturated carbocycles. The van der Waals surface area contributed by atoms with Crippen LogP contribution in [-0.2, 0) is 13.1 Å². The molecule has 0 unspecified atom stereocenters. The number of nitrogens with zero attached hydrogens (tertiary/aromatic N) is 4. The topological polar surface area (TPSA) is 74.7 Å². The lowest BCUT2D eigenvalue weighted by atomic mass is 10.1. The molecule has 7 nitrogen and oxygen atoms in total. The predicted molar refractivity (Wildman–Crippen MR) is 93.2 cm³/mol. The zero-order valence-electron chi connectivity index (χ0n) is 14.9. The molecule has 0 aliphatic carbocycles. The highest BCUT2D eigenvalue weighted by Crippen LogP contribution is 2.19. The van der Waals surface area contributed by atoms with Gasteiger partial charge in [-0.1, -0.05) is 0 Å². The molecular weight excluding hydrogens is 320 g/mol. The lowest BCUT2D eigenvalue weighted by Crippen LogP contribution is -2.54. The summed E-state index contributed by atoms with van der Waals surface area (Å²) in [6.07, 6.45) is 5.73. The summed E-state index contributed by atoms with van der Waals surface area (Å²) in [5.41, 5.74) is 2.70. The molecular formula is C18H26N4O3. The van der Waals surface area contributed by atoms with E-state index in [1.807, 2.05) is 29.5 Å². The van der Waals surface area contributed by atoms with Gasteiger partial charge >= 0.3 is 0 Å². The molecule has 1 atom stereocenters. The van der Waals surface area contributed by atoms with Crippen molar-refractivity contribution in [1.82, 2.24) is 19.6 Å². The minimum Gasteiger partial charge on any atom is -0.472 e. The number of piperazine rings is 1. The fourth-order valence-electron chi connectivity index (χ4n) is 3.47. The highest BCUT2D eigenvalue weighted by molar-refractivity contribution is 5.95. The van der Waals surface area contributed by atoms with E-state index >= 15 is 0 Å². The second-order valence-corrected chi connectivity index (χ2v) is 6.48. The molecule has 1 aliphatic heterocycles. The van der Waals surface area contributed by atoms with Crippen molar-refractivity contribution in [3.63, 3.8) is 0 Å². The fraction of sp³-hybridized carbons (Fsp3) is 0.556. The smallest absolute Gasteiger partial charge is 0.257 e. The zero-order chi connectivity index (χ0) is 17.8. The van der Waals surface area contributed by atoms with Gasteiger partial charge in [0.15, 0.2) is 0 Å². The summed E-state index contributed by atoms with van der Waals surface area (Å²) in [5.74, 6) is 0.0306. The van der Waals surface area contributed by atoms with Crippen molar-refractivity contribution in [2.24, 2.45) is 0 Å². The molecule has 7 heteroatoms. The van der Waals surface area contributed by atoms with Crippen LogP contribution >= 0.6 is 0 Å². The fourth-order valence-corrected chi connectivity index (χ4v) is 3.47. The second kappa shape index (κ2) is 7.84. The predicted octanol–water partition coefficient (Wildman–Crippen LogP) is 1.51. The molecule has 136 valence electrons. The molecule has 0 spiro atoms. The molecule has 0 radical (unpaired) electrons. The first-order chi connectivity index (χ1) is 12.1. The van der Waals surface area contributed by atoms with E-state index in [9.17, 15) is 9.90 Å². The van der Waals surface area contributed by atoms with Crippen LogP contribution in [0.25, 0.3) is 0 Å². The van der Waals surface area contributed by atoms with Gasteiger partial charge in [-0.3, -0.25) is 14.4 Å². The molecule has 1 N–H and O–H groups in total. The Balaban J connectivity index is 1.70. The number of rotatable bonds is 6. The van der Waals surface area contributed by atoms with Crippen LogP contribution in [0.5, 0.6) is 0 Å². The van der Waals surface area contributed by atoms with Gasteiger partial charge in [-0.05, 0) is 26.3 Å². The molecule has 3 heterocycles. The number of hydrogen-bond donors (Lipinski definition) is 1. The standard InChI is InChI=1S/C18H26N4O3/c1-3-22-14(2)17(10-19-22)18(24)21-7-6-20(16(12-21)4-8-23)11-15-5-9-25-13-15/h5,9-10,13,16,23H,3-4,6-8,11-12H2,1-2H3/t16-/m1/s1. The van der Waals surface area contributed by atoms with Gasteiger partial charge in [0, 0.05) is 56.6 Å². The molecule has 1 saturated heterocycles. The normalized spacial score (nSPS) is 18.7. The van der Waals surface area contributed by atoms with Crippen molar-refractivity contribution in [1.29, 1.82) is 0 Å². The van der Waals surface area contributed by atoms with E-state index in [1.54, 1.807) is 18.7 Å². The van der Waals surface area contributed by atoms with E-state index in [0.29, 0.717) is 25.1 Å². The number of furan rings is 1. The minimum atomic E-state index is 0.0306. The van der Waals surface area contributed by atoms with E-state index in [1.165, 1.54) is 0 Å². The molecule has 0 aromatic carbocycles. The molecule has 1 amide bonds. The molecule has 25 heavy (non-hydrogen) atoms. The molecule has 0 bridgehead atoms. The summed E-state index contributed by atoms with van der Waals surface area (Å²) in [7, 11) is 0. The summed E-state index contributed by atoms with van der Waals surface area (Å²) in [4.78, 5) is 17.1. The van der Waals surface area contributed by atoms with Gasteiger partial charge in [-0.2, -0.15) is 5.10 Å². The van der Waals surface area contributed by atoms with Crippen molar-refractivity contribution in [3.05, 3.63) is 41.6 Å². The molecule has 1 fully saturated rings. The van der Waals surface area contributed by atoms with Gasteiger partial charge in [-0.25, -0.2) is 0 Å². The first-order valence-electron chi connectivity index (χ1n) is 8.81. The van der Waals surface area contributed by atoms with Crippen molar-refractivity contribution in [2.45, 2.75) is 39.4 Å². The lowest BCUT2D eigenvalue weighted by Gasteiger charge is -2.41. The quantitative estimate of drug-likeness (QED) is 0.858. The molecule has 3 rings (SSSR count). The Morgan fingerprint density at radius 1 is 1.44 bits per heavy atom. The number of amides is 1. The van der Waals surface area contributed by atoms with Crippen molar-refractivity contribution >= 4 is 5.91 Å². The van der Waals surface area contributed by atoms with E-state index in [2.05, 4.69) is 10.00 Å². The summed E-state index contributed by atoms with van der Waals surface area (Å²) in [6.45, 7) is 7.66. The van der Waals surface area contributed by atoms with Gasteiger partial charge in [0.05, 0.1) is 24.3 Å². The van der Waals surface area contributed by atoms with Crippen LogP contribution < -0.4 is 0 Å². The first-order valence-corrected chi connectivity index (χ1v) is 8.81. The van der Waals surface area contributed by atoms with Crippen LogP contribution in [0.3, 0.4) is 0 Å². The van der Waals surface area contributed by atoms with Gasteiger partial charge in [0.25, 0.3) is 5.91 Å². The number of aliphatic hydroxyl groups excluding tert-OH is 1. The van der Waals surface area contributed by atoms with Crippen LogP contribution in [0.1, 0.15) is 35.0 Å². The summed E-state index contributed by atoms with van der Waals surface area (Å²) >= 11 is 0. The van der Waals surface area contributed by atoms with Crippen LogP contribution in [0, 0.1) is 6.92 Å². The second-order valence-electron chi connectivity index (χ2n) is 6.48. The third-order valence-electron chi connectivity index (χ3n) is 4.95. The lowest BCUT2D eigenvalue weighted by molar-refractivity contribution is 0.0394. The Hall–Kier alpha value is -2.12. The average molecular weight is 346 g/mol. The minimum absolute atomic E-state index is 0.0306. The van der Waals surface area contributed by atoms with Crippen molar-refractivity contribution in [2.75, 3.05) is 26.2 Å². The van der Waals surface area contributed by atoms with Gasteiger partial charge in [0.2, 0.25) is 0 Å². The molecule has 2 aromatic rings. The highest BCUT2D eigenvalue weighted by Gasteiger charge is 2.31. The van der Waals surface area contributed by atoms with Gasteiger partial charge in [-0.15, -0.1) is 0 Å². The third kappa shape index (κ3) is 3.77. The van der Waals surface area contributed by atoms with Crippen LogP contribution in [0.4, 0.5) is 0 Å². The average Bonchev–Trinajstić information content (AvgIpc) is 3.25. The highest BCUT2D eigenvalue weighted by atomic mass is 16.3. The van der Waals surface area contributed by atoms with Crippen LogP contribution in [-0.4, -0.2) is 62.9 Å². The number of hydrogen-bond acceptors (Lipinski definition) is 5. The Kier molecular flexibility index (Phi) is 5.55. The summed E-state index contributed by atoms with van der Waals surface area (Å²) in [5, 5.41) is 13.7. The van der Waals surface area contributed by atoms with Gasteiger partial charge in [0.1, 0.15) is 0 Å². The Morgan fingerprint density at radius 3 is 2.92 bits per heavy atom. The maximum absolute atomic E-state index is 12.9. The van der Waals surface area contributed by atoms with E-state index < -0.39 is 0 Å². The SMILES string of the molecule is CCn1ncc(C(=O)N2CCN(Cc3ccoc3)[C@H](CCO)C2)c1C. The monoisotopic (exact) mass is 346 g/mol. The number of aryl methyl sites for hydroxylation is 1. The number of carbonyl (C=O) groups excluding carboxylic acids is 1. The van der Waals surface area contributed by atoms with E-state index in [4.69, 9.17) is 4.42 Å². The number of aliphatic hydroxyl groups is 1. The van der Waals surface area contributed by atoms with E-state index in [-0.39, 0.29) is 18.6 Å². The Morgan fingerprint density at radius 2 is 2.28 bits per heavy atom. The van der Waals surface area contributed by atoms with Crippen molar-refractivity contribution < 1.29 is 14.3 Å². The maximum Gasteiger partial charge on any atom is 0.257 e. The largest absolute Gasteiger partial charge is 0.472 e. The first kappa shape index (κ1) is 17.7. The molecule has 1 aliphatic rings. The van der Waals surface area contributed by atoms with Crippen LogP contribution in [0.2, 0.25) is 0 Å². The zero-order valence-corrected chi connectivity index (χ0v) is 14.9. The van der Waals surface area contributed by atoms with Gasteiger partial charge < -0.3 is 14.4 Å². The Bertz CT molecular complexity index is 695. The number of aromatic nitrogens is 2. The Labute approximate surface area is 147 Å². The summed E-state index contributed by atoms with van der Waals surface area (Å²) in [6, 6.07) is 2.09. The number of carbonyl (C=O) groups is 1. The summed E-state index contributed by atoms with van der Waals surface area (Å²) < 4.78 is 6.99. The van der Waals surface area contributed by atoms with E-state index in [0.717, 1.165) is 30.9 Å². The third-order valence-corrected chi connectivity index (χ3v) is 4.95. The molecule has 2 aromatic heterocycles. The van der Waals surface area contributed by atoms with Crippen molar-refractivity contribution in [3.8, 4) is 0 Å². The maximum atomic E-state index is 12.9. The van der Waals surface area contributed by atoms with Crippen LogP contribution in [0.15, 0.2) is 29.2 Å².